The SMILES string of the molecule is Cc1cc(OCC(=O)[O-])cc(C)c1Cc1ccc(O)c(S(=O)(=O)c2ccc(F)cc2)c1. The predicted molar refractivity (Wildman–Crippen MR) is 109 cm³/mol. The zero-order valence-electron chi connectivity index (χ0n) is 16.9. The first-order valence-corrected chi connectivity index (χ1v) is 10.8. The third-order valence-electron chi connectivity index (χ3n) is 4.84. The molecule has 0 radical (unpaired) electrons. The summed E-state index contributed by atoms with van der Waals surface area (Å²) in [5.41, 5.74) is 3.23. The quantitative estimate of drug-likeness (QED) is 0.563. The molecular formula is C23H20FO6S-. The highest BCUT2D eigenvalue weighted by Crippen LogP contribution is 2.31. The molecule has 162 valence electrons. The molecule has 0 atom stereocenters. The second-order valence-corrected chi connectivity index (χ2v) is 9.05. The van der Waals surface area contributed by atoms with E-state index >= 15 is 0 Å². The molecule has 0 heterocycles. The first kappa shape index (κ1) is 22.3. The minimum atomic E-state index is -4.04. The average Bonchev–Trinajstić information content (AvgIpc) is 2.70. The first-order chi connectivity index (χ1) is 14.6. The second-order valence-electron chi connectivity index (χ2n) is 7.13. The van der Waals surface area contributed by atoms with Gasteiger partial charge in [0.2, 0.25) is 9.84 Å². The van der Waals surface area contributed by atoms with Crippen LogP contribution in [0.15, 0.2) is 64.4 Å². The third-order valence-corrected chi connectivity index (χ3v) is 6.64. The van der Waals surface area contributed by atoms with Crippen LogP contribution in [0.4, 0.5) is 4.39 Å². The van der Waals surface area contributed by atoms with Gasteiger partial charge < -0.3 is 19.7 Å². The van der Waals surface area contributed by atoms with E-state index in [4.69, 9.17) is 4.74 Å². The minimum absolute atomic E-state index is 0.122. The molecule has 3 aromatic rings. The fraction of sp³-hybridized carbons (Fsp3) is 0.174. The fourth-order valence-corrected chi connectivity index (χ4v) is 4.68. The van der Waals surface area contributed by atoms with E-state index in [2.05, 4.69) is 0 Å². The van der Waals surface area contributed by atoms with Crippen molar-refractivity contribution in [3.63, 3.8) is 0 Å². The van der Waals surface area contributed by atoms with Gasteiger partial charge in [0, 0.05) is 0 Å². The van der Waals surface area contributed by atoms with Crippen molar-refractivity contribution in [2.75, 3.05) is 6.61 Å². The zero-order valence-corrected chi connectivity index (χ0v) is 17.7. The number of sulfone groups is 1. The summed E-state index contributed by atoms with van der Waals surface area (Å²) < 4.78 is 44.2. The number of carbonyl (C=O) groups excluding carboxylic acids is 1. The van der Waals surface area contributed by atoms with E-state index in [1.54, 1.807) is 18.2 Å². The summed E-state index contributed by atoms with van der Waals surface area (Å²) in [5, 5.41) is 20.8. The topological polar surface area (TPSA) is 104 Å². The molecule has 3 aromatic carbocycles. The standard InChI is InChI=1S/C23H21FO6S/c1-14-9-18(30-13-23(26)27)10-15(2)20(14)11-16-3-8-21(25)22(12-16)31(28,29)19-6-4-17(24)5-7-19/h3-10,12,25H,11,13H2,1-2H3,(H,26,27)/p-1. The average molecular weight is 443 g/mol. The molecule has 0 aliphatic rings. The van der Waals surface area contributed by atoms with Crippen LogP contribution < -0.4 is 9.84 Å². The number of benzene rings is 3. The number of aromatic hydroxyl groups is 1. The van der Waals surface area contributed by atoms with Gasteiger partial charge in [-0.2, -0.15) is 0 Å². The minimum Gasteiger partial charge on any atom is -0.546 e. The molecule has 0 saturated carbocycles. The molecule has 0 amide bonds. The Hall–Kier alpha value is -3.39. The van der Waals surface area contributed by atoms with Gasteiger partial charge in [0.25, 0.3) is 0 Å². The number of carboxylic acid groups (broad SMARTS) is 1. The number of rotatable bonds is 7. The maximum Gasteiger partial charge on any atom is 0.210 e. The van der Waals surface area contributed by atoms with E-state index in [-0.39, 0.29) is 9.79 Å². The summed E-state index contributed by atoms with van der Waals surface area (Å²) in [7, 11) is -4.04. The number of hydrogen-bond donors (Lipinski definition) is 1. The Morgan fingerprint density at radius 2 is 1.65 bits per heavy atom. The molecule has 0 unspecified atom stereocenters. The van der Waals surface area contributed by atoms with Gasteiger partial charge in [-0.15, -0.1) is 0 Å². The van der Waals surface area contributed by atoms with Crippen molar-refractivity contribution < 1.29 is 32.6 Å². The van der Waals surface area contributed by atoms with Gasteiger partial charge >= 0.3 is 0 Å². The molecule has 6 nitrogen and oxygen atoms in total. The van der Waals surface area contributed by atoms with Gasteiger partial charge in [0.05, 0.1) is 10.9 Å². The summed E-state index contributed by atoms with van der Waals surface area (Å²) >= 11 is 0. The van der Waals surface area contributed by atoms with E-state index in [0.717, 1.165) is 41.0 Å². The van der Waals surface area contributed by atoms with E-state index < -0.39 is 34.0 Å². The van der Waals surface area contributed by atoms with Gasteiger partial charge in [-0.25, -0.2) is 12.8 Å². The number of carbonyl (C=O) groups is 1. The van der Waals surface area contributed by atoms with Crippen molar-refractivity contribution in [1.29, 1.82) is 0 Å². The molecule has 0 fully saturated rings. The zero-order chi connectivity index (χ0) is 22.8. The van der Waals surface area contributed by atoms with Crippen LogP contribution in [0.2, 0.25) is 0 Å². The Bertz CT molecular complexity index is 1210. The highest BCUT2D eigenvalue weighted by Gasteiger charge is 2.22. The van der Waals surface area contributed by atoms with Crippen LogP contribution in [0.25, 0.3) is 0 Å². The number of phenols is 1. The predicted octanol–water partition coefficient (Wildman–Crippen LogP) is 2.70. The molecular weight excluding hydrogens is 423 g/mol. The summed E-state index contributed by atoms with van der Waals surface area (Å²) in [6, 6.07) is 12.1. The van der Waals surface area contributed by atoms with Gasteiger partial charge in [0.15, 0.2) is 0 Å². The number of aryl methyl sites for hydroxylation is 2. The number of ether oxygens (including phenoxy) is 1. The number of carboxylic acids is 1. The van der Waals surface area contributed by atoms with Gasteiger partial charge in [0.1, 0.15) is 28.8 Å². The molecule has 0 aromatic heterocycles. The lowest BCUT2D eigenvalue weighted by Crippen LogP contribution is -2.29. The van der Waals surface area contributed by atoms with Crippen molar-refractivity contribution >= 4 is 15.8 Å². The molecule has 0 aliphatic heterocycles. The Kier molecular flexibility index (Phi) is 6.31. The molecule has 31 heavy (non-hydrogen) atoms. The van der Waals surface area contributed by atoms with E-state index in [1.807, 2.05) is 13.8 Å². The lowest BCUT2D eigenvalue weighted by molar-refractivity contribution is -0.307. The van der Waals surface area contributed by atoms with Crippen molar-refractivity contribution in [2.45, 2.75) is 30.1 Å². The Labute approximate surface area is 179 Å². The van der Waals surface area contributed by atoms with Crippen LogP contribution in [0.5, 0.6) is 11.5 Å². The molecule has 0 aliphatic carbocycles. The Balaban J connectivity index is 1.94. The third kappa shape index (κ3) is 5.03. The summed E-state index contributed by atoms with van der Waals surface area (Å²) in [4.78, 5) is 10.2. The van der Waals surface area contributed by atoms with Crippen LogP contribution in [-0.4, -0.2) is 26.1 Å². The lowest BCUT2D eigenvalue weighted by Gasteiger charge is -2.15. The molecule has 3 rings (SSSR count). The molecule has 0 bridgehead atoms. The maximum atomic E-state index is 13.2. The summed E-state index contributed by atoms with van der Waals surface area (Å²) in [6.45, 7) is 3.12. The van der Waals surface area contributed by atoms with Crippen LogP contribution in [0.3, 0.4) is 0 Å². The van der Waals surface area contributed by atoms with E-state index in [1.165, 1.54) is 12.1 Å². The van der Waals surface area contributed by atoms with Gasteiger partial charge in [-0.3, -0.25) is 0 Å². The molecule has 8 heteroatoms. The Morgan fingerprint density at radius 3 is 2.23 bits per heavy atom. The lowest BCUT2D eigenvalue weighted by atomic mass is 9.96. The fourth-order valence-electron chi connectivity index (χ4n) is 3.29. The van der Waals surface area contributed by atoms with Crippen LogP contribution in [-0.2, 0) is 21.1 Å². The van der Waals surface area contributed by atoms with Crippen LogP contribution in [0.1, 0.15) is 22.3 Å². The van der Waals surface area contributed by atoms with Crippen LogP contribution in [0, 0.1) is 19.7 Å². The molecule has 0 spiro atoms. The number of aliphatic carboxylic acids is 1. The molecule has 0 saturated heterocycles. The smallest absolute Gasteiger partial charge is 0.210 e. The summed E-state index contributed by atoms with van der Waals surface area (Å²) in [5.74, 6) is -1.88. The van der Waals surface area contributed by atoms with Crippen molar-refractivity contribution in [1.82, 2.24) is 0 Å². The van der Waals surface area contributed by atoms with Crippen molar-refractivity contribution in [2.24, 2.45) is 0 Å². The number of hydrogen-bond acceptors (Lipinski definition) is 6. The monoisotopic (exact) mass is 443 g/mol. The van der Waals surface area contributed by atoms with Crippen molar-refractivity contribution in [3.05, 3.63) is 82.7 Å². The maximum absolute atomic E-state index is 13.2. The van der Waals surface area contributed by atoms with E-state index in [0.29, 0.717) is 17.7 Å². The number of halogens is 1. The molecule has 1 N–H and O–H groups in total. The number of phenolic OH excluding ortho intramolecular Hbond substituents is 1. The Morgan fingerprint density at radius 1 is 1.03 bits per heavy atom. The second kappa shape index (κ2) is 8.77. The van der Waals surface area contributed by atoms with E-state index in [9.17, 15) is 27.8 Å². The normalized spacial score (nSPS) is 11.3. The first-order valence-electron chi connectivity index (χ1n) is 9.33. The van der Waals surface area contributed by atoms with Crippen LogP contribution >= 0.6 is 0 Å². The van der Waals surface area contributed by atoms with Gasteiger partial charge in [-0.1, -0.05) is 6.07 Å². The largest absolute Gasteiger partial charge is 0.546 e. The highest BCUT2D eigenvalue weighted by molar-refractivity contribution is 7.91. The highest BCUT2D eigenvalue weighted by atomic mass is 32.2. The van der Waals surface area contributed by atoms with Crippen molar-refractivity contribution in [3.8, 4) is 11.5 Å². The summed E-state index contributed by atoms with van der Waals surface area (Å²) in [6.07, 6.45) is 0.380. The van der Waals surface area contributed by atoms with Gasteiger partial charge in [-0.05, 0) is 91.1 Å².